The molecule has 0 saturated carbocycles. The maximum Gasteiger partial charge on any atom is 0.266 e. The van der Waals surface area contributed by atoms with Gasteiger partial charge >= 0.3 is 0 Å². The lowest BCUT2D eigenvalue weighted by molar-refractivity contribution is -0.136. The molecule has 3 aromatic carbocycles. The molecule has 0 fully saturated rings. The van der Waals surface area contributed by atoms with E-state index in [0.717, 1.165) is 6.42 Å². The van der Waals surface area contributed by atoms with Gasteiger partial charge in [-0.2, -0.15) is 0 Å². The van der Waals surface area contributed by atoms with Crippen LogP contribution in [0.4, 0.5) is 0 Å². The number of methoxy groups -OCH3 is 1. The minimum Gasteiger partial charge on any atom is -0.497 e. The van der Waals surface area contributed by atoms with Crippen molar-refractivity contribution >= 4 is 28.4 Å². The summed E-state index contributed by atoms with van der Waals surface area (Å²) in [6.45, 7) is 6.47. The van der Waals surface area contributed by atoms with E-state index in [1.54, 1.807) is 59.0 Å². The van der Waals surface area contributed by atoms with Gasteiger partial charge in [0.05, 0.1) is 29.7 Å². The largest absolute Gasteiger partial charge is 0.497 e. The van der Waals surface area contributed by atoms with Gasteiger partial charge in [-0.15, -0.1) is 0 Å². The van der Waals surface area contributed by atoms with E-state index in [1.807, 2.05) is 37.3 Å². The summed E-state index contributed by atoms with van der Waals surface area (Å²) in [7, 11) is 1.59. The average Bonchev–Trinajstić information content (AvgIpc) is 2.92. The number of para-hydroxylation sites is 1. The minimum atomic E-state index is -0.529. The molecule has 0 bridgehead atoms. The molecule has 8 heteroatoms. The summed E-state index contributed by atoms with van der Waals surface area (Å²) in [6.07, 6.45) is 0.785. The maximum atomic E-state index is 13.8. The smallest absolute Gasteiger partial charge is 0.266 e. The van der Waals surface area contributed by atoms with Crippen LogP contribution in [0, 0.1) is 5.92 Å². The number of nitrogens with zero attached hydrogens (tertiary/aromatic N) is 3. The van der Waals surface area contributed by atoms with Crippen LogP contribution in [0.5, 0.6) is 11.5 Å². The first-order valence-corrected chi connectivity index (χ1v) is 13.0. The molecule has 0 radical (unpaired) electrons. The van der Waals surface area contributed by atoms with Crippen LogP contribution in [-0.4, -0.2) is 40.6 Å². The van der Waals surface area contributed by atoms with Crippen LogP contribution in [0.25, 0.3) is 16.6 Å². The van der Waals surface area contributed by atoms with Crippen molar-refractivity contribution in [1.82, 2.24) is 14.5 Å². The van der Waals surface area contributed by atoms with Gasteiger partial charge in [0.2, 0.25) is 0 Å². The van der Waals surface area contributed by atoms with Crippen molar-refractivity contribution in [2.45, 2.75) is 33.2 Å². The molecule has 1 amide bonds. The summed E-state index contributed by atoms with van der Waals surface area (Å²) in [5, 5.41) is 0.919. The predicted molar refractivity (Wildman–Crippen MR) is 150 cm³/mol. The van der Waals surface area contributed by atoms with E-state index in [2.05, 4.69) is 13.8 Å². The van der Waals surface area contributed by atoms with E-state index in [4.69, 9.17) is 26.1 Å². The molecule has 4 rings (SSSR count). The fourth-order valence-electron chi connectivity index (χ4n) is 4.25. The number of carbonyl (C=O) groups excluding carboxylic acids is 1. The van der Waals surface area contributed by atoms with Crippen molar-refractivity contribution in [2.75, 3.05) is 20.3 Å². The normalized spacial score (nSPS) is 11.9. The van der Waals surface area contributed by atoms with Crippen molar-refractivity contribution in [3.63, 3.8) is 0 Å². The third kappa shape index (κ3) is 6.17. The van der Waals surface area contributed by atoms with Gasteiger partial charge in [0.1, 0.15) is 17.3 Å². The van der Waals surface area contributed by atoms with Crippen LogP contribution in [0.1, 0.15) is 39.1 Å². The minimum absolute atomic E-state index is 0.126. The number of fused-ring (bicyclic) bond motifs is 1. The first-order valence-electron chi connectivity index (χ1n) is 12.6. The Kier molecular flexibility index (Phi) is 8.69. The predicted octanol–water partition coefficient (Wildman–Crippen LogP) is 6.06. The summed E-state index contributed by atoms with van der Waals surface area (Å²) < 4.78 is 12.6. The third-order valence-electron chi connectivity index (χ3n) is 6.40. The number of amides is 1. The standard InChI is InChI=1S/C30H32ClN3O4/c1-20(2)16-17-33(28(35)19-38-25-8-6-5-7-9-25)21(3)29-32-27-18-22(31)10-15-26(27)30(36)34(29)23-11-13-24(37-4)14-12-23/h5-15,18,20-21H,16-17,19H2,1-4H3. The SMILES string of the molecule is COc1ccc(-n2c(C(C)N(CCC(C)C)C(=O)COc3ccccc3)nc3cc(Cl)ccc3c2=O)cc1. The summed E-state index contributed by atoms with van der Waals surface area (Å²) >= 11 is 6.25. The Labute approximate surface area is 227 Å². The quantitative estimate of drug-likeness (QED) is 0.247. The van der Waals surface area contributed by atoms with Crippen molar-refractivity contribution in [1.29, 1.82) is 0 Å². The molecular weight excluding hydrogens is 502 g/mol. The molecule has 0 aliphatic rings. The van der Waals surface area contributed by atoms with Gasteiger partial charge in [-0.3, -0.25) is 14.2 Å². The first-order chi connectivity index (χ1) is 18.3. The molecule has 0 aliphatic heterocycles. The molecule has 4 aromatic rings. The molecule has 0 aliphatic carbocycles. The Morgan fingerprint density at radius 1 is 1.00 bits per heavy atom. The van der Waals surface area contributed by atoms with E-state index < -0.39 is 6.04 Å². The zero-order chi connectivity index (χ0) is 27.2. The van der Waals surface area contributed by atoms with E-state index in [1.165, 1.54) is 0 Å². The second-order valence-corrected chi connectivity index (χ2v) is 9.95. The third-order valence-corrected chi connectivity index (χ3v) is 6.64. The topological polar surface area (TPSA) is 73.7 Å². The molecule has 0 saturated heterocycles. The van der Waals surface area contributed by atoms with Gasteiger partial charge in [0.25, 0.3) is 11.5 Å². The first kappa shape index (κ1) is 27.2. The number of hydrogen-bond donors (Lipinski definition) is 0. The second-order valence-electron chi connectivity index (χ2n) is 9.52. The summed E-state index contributed by atoms with van der Waals surface area (Å²) in [5.41, 5.74) is 0.861. The molecule has 1 unspecified atom stereocenters. The van der Waals surface area contributed by atoms with Gasteiger partial charge in [0.15, 0.2) is 6.61 Å². The molecule has 0 spiro atoms. The maximum absolute atomic E-state index is 13.8. The second kappa shape index (κ2) is 12.1. The molecular formula is C30H32ClN3O4. The van der Waals surface area contributed by atoms with Gasteiger partial charge in [0, 0.05) is 11.6 Å². The van der Waals surface area contributed by atoms with Crippen molar-refractivity contribution in [3.05, 3.63) is 94.0 Å². The van der Waals surface area contributed by atoms with Crippen LogP contribution in [0.3, 0.4) is 0 Å². The van der Waals surface area contributed by atoms with E-state index >= 15 is 0 Å². The molecule has 1 aromatic heterocycles. The number of carbonyl (C=O) groups is 1. The fourth-order valence-corrected chi connectivity index (χ4v) is 4.42. The van der Waals surface area contributed by atoms with Crippen LogP contribution < -0.4 is 15.0 Å². The van der Waals surface area contributed by atoms with Gasteiger partial charge in [-0.1, -0.05) is 43.6 Å². The Balaban J connectivity index is 1.79. The summed E-state index contributed by atoms with van der Waals surface area (Å²) in [5.74, 6) is 1.91. The van der Waals surface area contributed by atoms with Gasteiger partial charge in [-0.05, 0) is 73.9 Å². The van der Waals surface area contributed by atoms with Gasteiger partial charge < -0.3 is 14.4 Å². The number of halogens is 1. The Morgan fingerprint density at radius 2 is 1.71 bits per heavy atom. The van der Waals surface area contributed by atoms with Crippen molar-refractivity contribution < 1.29 is 14.3 Å². The highest BCUT2D eigenvalue weighted by molar-refractivity contribution is 6.31. The zero-order valence-corrected chi connectivity index (χ0v) is 22.8. The Morgan fingerprint density at radius 3 is 2.37 bits per heavy atom. The van der Waals surface area contributed by atoms with Crippen LogP contribution in [0.15, 0.2) is 77.6 Å². The van der Waals surface area contributed by atoms with Crippen molar-refractivity contribution in [2.24, 2.45) is 5.92 Å². The average molecular weight is 534 g/mol. The highest BCUT2D eigenvalue weighted by Crippen LogP contribution is 2.26. The lowest BCUT2D eigenvalue weighted by Crippen LogP contribution is -2.40. The molecule has 38 heavy (non-hydrogen) atoms. The zero-order valence-electron chi connectivity index (χ0n) is 22.1. The van der Waals surface area contributed by atoms with E-state index in [0.29, 0.717) is 51.4 Å². The molecule has 1 heterocycles. The molecule has 198 valence electrons. The molecule has 1 atom stereocenters. The highest BCUT2D eigenvalue weighted by atomic mass is 35.5. The number of benzene rings is 3. The van der Waals surface area contributed by atoms with Crippen LogP contribution in [-0.2, 0) is 4.79 Å². The van der Waals surface area contributed by atoms with Crippen LogP contribution >= 0.6 is 11.6 Å². The Bertz CT molecular complexity index is 1450. The number of ether oxygens (including phenoxy) is 2. The van der Waals surface area contributed by atoms with E-state index in [-0.39, 0.29) is 18.1 Å². The fraction of sp³-hybridized carbons (Fsp3) is 0.300. The van der Waals surface area contributed by atoms with Crippen molar-refractivity contribution in [3.8, 4) is 17.2 Å². The molecule has 0 N–H and O–H groups in total. The molecule has 7 nitrogen and oxygen atoms in total. The summed E-state index contributed by atoms with van der Waals surface area (Å²) in [6, 6.07) is 20.9. The number of aromatic nitrogens is 2. The monoisotopic (exact) mass is 533 g/mol. The van der Waals surface area contributed by atoms with E-state index in [9.17, 15) is 9.59 Å². The number of rotatable bonds is 10. The van der Waals surface area contributed by atoms with Crippen LogP contribution in [0.2, 0.25) is 5.02 Å². The highest BCUT2D eigenvalue weighted by Gasteiger charge is 2.27. The van der Waals surface area contributed by atoms with Gasteiger partial charge in [-0.25, -0.2) is 4.98 Å². The Hall–Kier alpha value is -3.84. The lowest BCUT2D eigenvalue weighted by atomic mass is 10.1. The number of hydrogen-bond acceptors (Lipinski definition) is 5. The summed E-state index contributed by atoms with van der Waals surface area (Å²) in [4.78, 5) is 33.9. The lowest BCUT2D eigenvalue weighted by Gasteiger charge is -2.31.